The number of rotatable bonds is 2. The van der Waals surface area contributed by atoms with Crippen molar-refractivity contribution in [1.82, 2.24) is 9.97 Å². The smallest absolute Gasteiger partial charge is 0.248 e. The lowest BCUT2D eigenvalue weighted by atomic mass is 10.1. The molecule has 0 saturated carbocycles. The first-order valence-corrected chi connectivity index (χ1v) is 5.58. The number of nitrogens with one attached hydrogen (secondary N) is 1. The van der Waals surface area contributed by atoms with Crippen LogP contribution in [0.2, 0.25) is 0 Å². The maximum absolute atomic E-state index is 11.0. The number of carbonyl (C=O) groups is 1. The van der Waals surface area contributed by atoms with Gasteiger partial charge in [0.15, 0.2) is 0 Å². The Hall–Kier alpha value is -2.62. The molecule has 0 aliphatic rings. The number of amides is 1. The summed E-state index contributed by atoms with van der Waals surface area (Å²) in [5.74, 6) is -0.417. The van der Waals surface area contributed by atoms with Gasteiger partial charge in [0.1, 0.15) is 5.65 Å². The Morgan fingerprint density at radius 3 is 2.61 bits per heavy atom. The summed E-state index contributed by atoms with van der Waals surface area (Å²) in [5.41, 5.74) is 8.54. The summed E-state index contributed by atoms with van der Waals surface area (Å²) in [6.07, 6.45) is 1.75. The number of primary amides is 1. The van der Waals surface area contributed by atoms with E-state index in [1.165, 1.54) is 0 Å². The zero-order valence-corrected chi connectivity index (χ0v) is 9.55. The van der Waals surface area contributed by atoms with Crippen molar-refractivity contribution in [2.24, 2.45) is 5.73 Å². The lowest BCUT2D eigenvalue weighted by Gasteiger charge is -1.99. The molecular formula is C14H11N3O. The number of nitrogens with two attached hydrogens (primary N) is 1. The van der Waals surface area contributed by atoms with E-state index in [1.54, 1.807) is 18.3 Å². The van der Waals surface area contributed by atoms with Crippen LogP contribution in [0.25, 0.3) is 22.3 Å². The Kier molecular flexibility index (Phi) is 2.34. The van der Waals surface area contributed by atoms with Crippen molar-refractivity contribution in [3.05, 3.63) is 54.2 Å². The van der Waals surface area contributed by atoms with Crippen LogP contribution >= 0.6 is 0 Å². The van der Waals surface area contributed by atoms with Crippen molar-refractivity contribution in [1.29, 1.82) is 0 Å². The van der Waals surface area contributed by atoms with Crippen molar-refractivity contribution >= 4 is 16.9 Å². The number of hydrogen-bond donors (Lipinski definition) is 2. The lowest BCUT2D eigenvalue weighted by molar-refractivity contribution is 0.100. The molecule has 1 amide bonds. The topological polar surface area (TPSA) is 71.8 Å². The molecule has 4 nitrogen and oxygen atoms in total. The number of benzene rings is 1. The summed E-state index contributed by atoms with van der Waals surface area (Å²) in [4.78, 5) is 18.5. The van der Waals surface area contributed by atoms with Crippen molar-refractivity contribution in [3.8, 4) is 11.3 Å². The largest absolute Gasteiger partial charge is 0.366 e. The fourth-order valence-corrected chi connectivity index (χ4v) is 1.93. The van der Waals surface area contributed by atoms with Crippen LogP contribution in [0.4, 0.5) is 0 Å². The van der Waals surface area contributed by atoms with E-state index in [4.69, 9.17) is 5.73 Å². The van der Waals surface area contributed by atoms with Gasteiger partial charge in [-0.1, -0.05) is 12.1 Å². The molecule has 3 rings (SSSR count). The van der Waals surface area contributed by atoms with Crippen LogP contribution in [0.1, 0.15) is 10.4 Å². The summed E-state index contributed by atoms with van der Waals surface area (Å²) in [7, 11) is 0. The Balaban J connectivity index is 2.06. The Labute approximate surface area is 103 Å². The van der Waals surface area contributed by atoms with Crippen LogP contribution in [0.15, 0.2) is 48.7 Å². The summed E-state index contributed by atoms with van der Waals surface area (Å²) >= 11 is 0. The quantitative estimate of drug-likeness (QED) is 0.718. The predicted molar refractivity (Wildman–Crippen MR) is 70.0 cm³/mol. The van der Waals surface area contributed by atoms with Crippen LogP contribution in [0.5, 0.6) is 0 Å². The van der Waals surface area contributed by atoms with Crippen molar-refractivity contribution in [2.45, 2.75) is 0 Å². The van der Waals surface area contributed by atoms with Gasteiger partial charge in [-0.2, -0.15) is 0 Å². The van der Waals surface area contributed by atoms with Gasteiger partial charge in [-0.15, -0.1) is 0 Å². The van der Waals surface area contributed by atoms with Crippen molar-refractivity contribution in [2.75, 3.05) is 0 Å². The third-order valence-electron chi connectivity index (χ3n) is 2.87. The highest BCUT2D eigenvalue weighted by molar-refractivity contribution is 5.93. The first kappa shape index (κ1) is 10.5. The molecular weight excluding hydrogens is 226 g/mol. The van der Waals surface area contributed by atoms with Gasteiger partial charge in [-0.25, -0.2) is 4.98 Å². The third-order valence-corrected chi connectivity index (χ3v) is 2.87. The summed E-state index contributed by atoms with van der Waals surface area (Å²) in [6, 6.07) is 13.1. The van der Waals surface area contributed by atoms with E-state index in [2.05, 4.69) is 9.97 Å². The standard InChI is InChI=1S/C14H11N3O/c15-13(18)10-5-3-9(4-6-10)12-8-11-2-1-7-16-14(11)17-12/h1-8H,(H2,15,18)(H,16,17). The maximum Gasteiger partial charge on any atom is 0.248 e. The first-order chi connectivity index (χ1) is 8.74. The molecule has 0 aliphatic heterocycles. The zero-order chi connectivity index (χ0) is 12.5. The number of H-pyrrole nitrogens is 1. The number of hydrogen-bond acceptors (Lipinski definition) is 2. The minimum atomic E-state index is -0.417. The first-order valence-electron chi connectivity index (χ1n) is 5.58. The zero-order valence-electron chi connectivity index (χ0n) is 9.55. The number of aromatic nitrogens is 2. The lowest BCUT2D eigenvalue weighted by Crippen LogP contribution is -2.10. The molecule has 18 heavy (non-hydrogen) atoms. The minimum Gasteiger partial charge on any atom is -0.366 e. The molecule has 3 aromatic rings. The molecule has 0 bridgehead atoms. The van der Waals surface area contributed by atoms with Crippen LogP contribution in [-0.4, -0.2) is 15.9 Å². The van der Waals surface area contributed by atoms with E-state index in [9.17, 15) is 4.79 Å². The summed E-state index contributed by atoms with van der Waals surface area (Å²) < 4.78 is 0. The van der Waals surface area contributed by atoms with Gasteiger partial charge in [-0.05, 0) is 35.9 Å². The fourth-order valence-electron chi connectivity index (χ4n) is 1.93. The highest BCUT2D eigenvalue weighted by Crippen LogP contribution is 2.23. The van der Waals surface area contributed by atoms with Crippen LogP contribution in [0, 0.1) is 0 Å². The average Bonchev–Trinajstić information content (AvgIpc) is 2.82. The minimum absolute atomic E-state index is 0.417. The Morgan fingerprint density at radius 2 is 1.94 bits per heavy atom. The van der Waals surface area contributed by atoms with E-state index < -0.39 is 5.91 Å². The van der Waals surface area contributed by atoms with Crippen molar-refractivity contribution in [3.63, 3.8) is 0 Å². The molecule has 0 radical (unpaired) electrons. The average molecular weight is 237 g/mol. The normalized spacial score (nSPS) is 10.7. The van der Waals surface area contributed by atoms with Gasteiger partial charge in [-0.3, -0.25) is 4.79 Å². The second-order valence-corrected chi connectivity index (χ2v) is 4.07. The highest BCUT2D eigenvalue weighted by atomic mass is 16.1. The van der Waals surface area contributed by atoms with Crippen molar-refractivity contribution < 1.29 is 4.79 Å². The molecule has 0 spiro atoms. The molecule has 0 fully saturated rings. The number of carbonyl (C=O) groups excluding carboxylic acids is 1. The monoisotopic (exact) mass is 237 g/mol. The van der Waals surface area contributed by atoms with Gasteiger partial charge in [0.05, 0.1) is 0 Å². The third kappa shape index (κ3) is 1.73. The van der Waals surface area contributed by atoms with E-state index in [1.807, 2.05) is 30.3 Å². The summed E-state index contributed by atoms with van der Waals surface area (Å²) in [6.45, 7) is 0. The Bertz CT molecular complexity index is 680. The number of aromatic amines is 1. The molecule has 1 aromatic carbocycles. The van der Waals surface area contributed by atoms with Gasteiger partial charge in [0.2, 0.25) is 5.91 Å². The van der Waals surface area contributed by atoms with E-state index in [0.29, 0.717) is 5.56 Å². The molecule has 0 saturated heterocycles. The molecule has 2 heterocycles. The van der Waals surface area contributed by atoms with Gasteiger partial charge in [0, 0.05) is 22.8 Å². The van der Waals surface area contributed by atoms with E-state index in [0.717, 1.165) is 22.3 Å². The van der Waals surface area contributed by atoms with Crippen LogP contribution < -0.4 is 5.73 Å². The van der Waals surface area contributed by atoms with E-state index in [-0.39, 0.29) is 0 Å². The predicted octanol–water partition coefficient (Wildman–Crippen LogP) is 2.33. The molecule has 0 atom stereocenters. The molecule has 0 unspecified atom stereocenters. The second kappa shape index (κ2) is 4.00. The van der Waals surface area contributed by atoms with Gasteiger partial charge in [0.25, 0.3) is 0 Å². The number of nitrogens with zero attached hydrogens (tertiary/aromatic N) is 1. The molecule has 0 aliphatic carbocycles. The van der Waals surface area contributed by atoms with Crippen LogP contribution in [-0.2, 0) is 0 Å². The maximum atomic E-state index is 11.0. The molecule has 4 heteroatoms. The van der Waals surface area contributed by atoms with Gasteiger partial charge >= 0.3 is 0 Å². The fraction of sp³-hybridized carbons (Fsp3) is 0. The highest BCUT2D eigenvalue weighted by Gasteiger charge is 2.05. The SMILES string of the molecule is NC(=O)c1ccc(-c2cc3cccnc3[nH]2)cc1. The molecule has 88 valence electrons. The van der Waals surface area contributed by atoms with Gasteiger partial charge < -0.3 is 10.7 Å². The second-order valence-electron chi connectivity index (χ2n) is 4.07. The van der Waals surface area contributed by atoms with E-state index >= 15 is 0 Å². The summed E-state index contributed by atoms with van der Waals surface area (Å²) in [5, 5.41) is 1.06. The Morgan fingerprint density at radius 1 is 1.17 bits per heavy atom. The number of pyridine rings is 1. The molecule has 2 aromatic heterocycles. The molecule has 3 N–H and O–H groups in total. The van der Waals surface area contributed by atoms with Crippen LogP contribution in [0.3, 0.4) is 0 Å². The number of fused-ring (bicyclic) bond motifs is 1.